The standard InChI is InChI=1S/C15H16BrClFN3/c1-3-6-19-14(15-20-7-9(2)8-21-15)10-4-5-11(16)12(17)13(10)18/h4-5,7-8,14,19H,3,6H2,1-2H3. The van der Waals surface area contributed by atoms with E-state index in [4.69, 9.17) is 11.6 Å². The van der Waals surface area contributed by atoms with Gasteiger partial charge in [0.15, 0.2) is 0 Å². The lowest BCUT2D eigenvalue weighted by molar-refractivity contribution is 0.529. The van der Waals surface area contributed by atoms with Crippen LogP contribution in [0.25, 0.3) is 0 Å². The summed E-state index contributed by atoms with van der Waals surface area (Å²) in [6, 6.07) is 3.01. The maximum Gasteiger partial charge on any atom is 0.149 e. The number of rotatable bonds is 5. The highest BCUT2D eigenvalue weighted by atomic mass is 79.9. The second-order valence-corrected chi connectivity index (χ2v) is 6.00. The fourth-order valence-corrected chi connectivity index (χ4v) is 2.42. The minimum Gasteiger partial charge on any atom is -0.304 e. The first-order chi connectivity index (χ1) is 10.0. The van der Waals surface area contributed by atoms with Crippen LogP contribution in [0.5, 0.6) is 0 Å². The van der Waals surface area contributed by atoms with Gasteiger partial charge in [-0.25, -0.2) is 14.4 Å². The van der Waals surface area contributed by atoms with Gasteiger partial charge in [0.1, 0.15) is 11.6 Å². The van der Waals surface area contributed by atoms with Crippen LogP contribution >= 0.6 is 27.5 Å². The smallest absolute Gasteiger partial charge is 0.149 e. The average Bonchev–Trinajstić information content (AvgIpc) is 2.48. The molecule has 2 rings (SSSR count). The molecule has 0 saturated carbocycles. The zero-order chi connectivity index (χ0) is 15.4. The van der Waals surface area contributed by atoms with Gasteiger partial charge in [0, 0.05) is 22.4 Å². The van der Waals surface area contributed by atoms with Gasteiger partial charge in [-0.15, -0.1) is 0 Å². The molecule has 2 aromatic rings. The summed E-state index contributed by atoms with van der Waals surface area (Å²) < 4.78 is 15.0. The lowest BCUT2D eigenvalue weighted by atomic mass is 10.0. The molecule has 0 aliphatic heterocycles. The maximum absolute atomic E-state index is 14.4. The van der Waals surface area contributed by atoms with Crippen molar-refractivity contribution in [2.75, 3.05) is 6.54 Å². The van der Waals surface area contributed by atoms with Crippen LogP contribution in [-0.2, 0) is 0 Å². The largest absolute Gasteiger partial charge is 0.304 e. The van der Waals surface area contributed by atoms with Crippen LogP contribution < -0.4 is 5.32 Å². The molecule has 0 bridgehead atoms. The number of nitrogens with one attached hydrogen (secondary N) is 1. The van der Waals surface area contributed by atoms with E-state index in [0.29, 0.717) is 15.9 Å². The Morgan fingerprint density at radius 2 is 2.00 bits per heavy atom. The minimum atomic E-state index is -0.455. The number of halogens is 3. The summed E-state index contributed by atoms with van der Waals surface area (Å²) in [7, 11) is 0. The Labute approximate surface area is 137 Å². The molecule has 1 aromatic heterocycles. The summed E-state index contributed by atoms with van der Waals surface area (Å²) in [6.45, 7) is 4.69. The van der Waals surface area contributed by atoms with Crippen molar-refractivity contribution in [3.63, 3.8) is 0 Å². The number of hydrogen-bond acceptors (Lipinski definition) is 3. The molecule has 0 aliphatic rings. The summed E-state index contributed by atoms with van der Waals surface area (Å²) in [5.41, 5.74) is 1.41. The molecule has 1 N–H and O–H groups in total. The van der Waals surface area contributed by atoms with Crippen LogP contribution in [0.2, 0.25) is 5.02 Å². The van der Waals surface area contributed by atoms with Gasteiger partial charge in [-0.1, -0.05) is 24.6 Å². The van der Waals surface area contributed by atoms with Gasteiger partial charge in [-0.05, 0) is 47.4 Å². The van der Waals surface area contributed by atoms with Crippen molar-refractivity contribution in [3.05, 3.63) is 56.8 Å². The van der Waals surface area contributed by atoms with Crippen molar-refractivity contribution in [2.45, 2.75) is 26.3 Å². The van der Waals surface area contributed by atoms with E-state index in [9.17, 15) is 4.39 Å². The second-order valence-electron chi connectivity index (χ2n) is 4.77. The SMILES string of the molecule is CCCNC(c1ncc(C)cn1)c1ccc(Br)c(Cl)c1F. The molecule has 0 saturated heterocycles. The van der Waals surface area contributed by atoms with Gasteiger partial charge in [0.05, 0.1) is 11.1 Å². The van der Waals surface area contributed by atoms with Gasteiger partial charge < -0.3 is 5.32 Å². The molecule has 0 radical (unpaired) electrons. The summed E-state index contributed by atoms with van der Waals surface area (Å²) in [6.07, 6.45) is 4.37. The molecule has 1 unspecified atom stereocenters. The fourth-order valence-electron chi connectivity index (χ4n) is 1.94. The quantitative estimate of drug-likeness (QED) is 0.789. The van der Waals surface area contributed by atoms with Crippen LogP contribution in [0.1, 0.15) is 36.3 Å². The second kappa shape index (κ2) is 7.29. The first-order valence-corrected chi connectivity index (χ1v) is 7.87. The molecule has 0 aliphatic carbocycles. The zero-order valence-electron chi connectivity index (χ0n) is 11.8. The van der Waals surface area contributed by atoms with E-state index in [-0.39, 0.29) is 5.02 Å². The highest BCUT2D eigenvalue weighted by Crippen LogP contribution is 2.32. The maximum atomic E-state index is 14.4. The molecule has 21 heavy (non-hydrogen) atoms. The third-order valence-electron chi connectivity index (χ3n) is 3.03. The van der Waals surface area contributed by atoms with E-state index in [1.54, 1.807) is 24.5 Å². The average molecular weight is 373 g/mol. The van der Waals surface area contributed by atoms with E-state index >= 15 is 0 Å². The number of benzene rings is 1. The molecule has 0 fully saturated rings. The Balaban J connectivity index is 2.45. The highest BCUT2D eigenvalue weighted by molar-refractivity contribution is 9.10. The van der Waals surface area contributed by atoms with Gasteiger partial charge >= 0.3 is 0 Å². The molecule has 3 nitrogen and oxygen atoms in total. The van der Waals surface area contributed by atoms with Crippen LogP contribution in [0, 0.1) is 12.7 Å². The monoisotopic (exact) mass is 371 g/mol. The van der Waals surface area contributed by atoms with E-state index < -0.39 is 11.9 Å². The van der Waals surface area contributed by atoms with Crippen molar-refractivity contribution >= 4 is 27.5 Å². The Morgan fingerprint density at radius 1 is 1.33 bits per heavy atom. The molecule has 0 amide bonds. The van der Waals surface area contributed by atoms with E-state index in [1.165, 1.54) is 0 Å². The lowest BCUT2D eigenvalue weighted by Crippen LogP contribution is -2.26. The van der Waals surface area contributed by atoms with Crippen molar-refractivity contribution in [3.8, 4) is 0 Å². The first kappa shape index (κ1) is 16.3. The van der Waals surface area contributed by atoms with E-state index in [1.807, 2.05) is 13.8 Å². The van der Waals surface area contributed by atoms with Crippen LogP contribution in [-0.4, -0.2) is 16.5 Å². The molecular formula is C15H16BrClFN3. The van der Waals surface area contributed by atoms with Crippen molar-refractivity contribution in [2.24, 2.45) is 0 Å². The topological polar surface area (TPSA) is 37.8 Å². The summed E-state index contributed by atoms with van der Waals surface area (Å²) in [5, 5.41) is 3.34. The minimum absolute atomic E-state index is 0.0721. The third kappa shape index (κ3) is 3.78. The first-order valence-electron chi connectivity index (χ1n) is 6.70. The number of aromatic nitrogens is 2. The lowest BCUT2D eigenvalue weighted by Gasteiger charge is -2.19. The normalized spacial score (nSPS) is 12.4. The number of aryl methyl sites for hydroxylation is 1. The molecule has 112 valence electrons. The molecule has 1 heterocycles. The van der Waals surface area contributed by atoms with Crippen LogP contribution in [0.4, 0.5) is 4.39 Å². The highest BCUT2D eigenvalue weighted by Gasteiger charge is 2.22. The van der Waals surface area contributed by atoms with Gasteiger partial charge in [0.2, 0.25) is 0 Å². The Kier molecular flexibility index (Phi) is 5.67. The van der Waals surface area contributed by atoms with Crippen molar-refractivity contribution < 1.29 is 4.39 Å². The molecular weight excluding hydrogens is 357 g/mol. The zero-order valence-corrected chi connectivity index (χ0v) is 14.2. The molecule has 1 atom stereocenters. The van der Waals surface area contributed by atoms with Crippen LogP contribution in [0.15, 0.2) is 29.0 Å². The van der Waals surface area contributed by atoms with E-state index in [0.717, 1.165) is 18.5 Å². The predicted molar refractivity (Wildman–Crippen MR) is 86.0 cm³/mol. The van der Waals surface area contributed by atoms with Gasteiger partial charge in [0.25, 0.3) is 0 Å². The Hall–Kier alpha value is -1.04. The molecule has 6 heteroatoms. The molecule has 1 aromatic carbocycles. The summed E-state index contributed by atoms with van der Waals surface area (Å²) >= 11 is 9.21. The number of nitrogens with zero attached hydrogens (tertiary/aromatic N) is 2. The predicted octanol–water partition coefficient (Wildman–Crippen LogP) is 4.43. The Morgan fingerprint density at radius 3 is 2.62 bits per heavy atom. The van der Waals surface area contributed by atoms with Gasteiger partial charge in [-0.2, -0.15) is 0 Å². The molecule has 0 spiro atoms. The van der Waals surface area contributed by atoms with Gasteiger partial charge in [-0.3, -0.25) is 0 Å². The summed E-state index contributed by atoms with van der Waals surface area (Å²) in [4.78, 5) is 8.61. The van der Waals surface area contributed by atoms with Crippen molar-refractivity contribution in [1.29, 1.82) is 0 Å². The third-order valence-corrected chi connectivity index (χ3v) is 4.29. The number of hydrogen-bond donors (Lipinski definition) is 1. The van der Waals surface area contributed by atoms with Crippen molar-refractivity contribution in [1.82, 2.24) is 15.3 Å². The van der Waals surface area contributed by atoms with Crippen LogP contribution in [0.3, 0.4) is 0 Å². The van der Waals surface area contributed by atoms with E-state index in [2.05, 4.69) is 31.2 Å². The Bertz CT molecular complexity index is 619. The fraction of sp³-hybridized carbons (Fsp3) is 0.333. The summed E-state index contributed by atoms with van der Waals surface area (Å²) in [5.74, 6) is 0.0789.